The van der Waals surface area contributed by atoms with Crippen LogP contribution in [0.5, 0.6) is 5.75 Å². The van der Waals surface area contributed by atoms with Gasteiger partial charge in [-0.2, -0.15) is 0 Å². The smallest absolute Gasteiger partial charge is 0.123 e. The lowest BCUT2D eigenvalue weighted by atomic mass is 9.96. The maximum absolute atomic E-state index is 6.15. The predicted molar refractivity (Wildman–Crippen MR) is 89.3 cm³/mol. The second kappa shape index (κ2) is 7.48. The highest BCUT2D eigenvalue weighted by molar-refractivity contribution is 6.31. The fourth-order valence-corrected chi connectivity index (χ4v) is 2.57. The molecule has 1 N–H and O–H groups in total. The molecule has 1 atom stereocenters. The van der Waals surface area contributed by atoms with E-state index in [9.17, 15) is 0 Å². The quantitative estimate of drug-likeness (QED) is 0.832. The second-order valence-corrected chi connectivity index (χ2v) is 5.54. The normalized spacial score (nSPS) is 12.2. The molecule has 0 aliphatic heterocycles. The number of para-hydroxylation sites is 1. The van der Waals surface area contributed by atoms with E-state index in [0.29, 0.717) is 0 Å². The first-order valence-corrected chi connectivity index (χ1v) is 7.67. The van der Waals surface area contributed by atoms with Crippen LogP contribution in [0.15, 0.2) is 42.5 Å². The van der Waals surface area contributed by atoms with Crippen LogP contribution in [0.3, 0.4) is 0 Å². The van der Waals surface area contributed by atoms with Crippen LogP contribution in [0.2, 0.25) is 5.02 Å². The molecular formula is C18H22ClNO. The summed E-state index contributed by atoms with van der Waals surface area (Å²) in [4.78, 5) is 0. The number of ether oxygens (including phenoxy) is 1. The van der Waals surface area contributed by atoms with Crippen molar-refractivity contribution in [3.63, 3.8) is 0 Å². The Hall–Kier alpha value is -1.51. The molecule has 0 aliphatic carbocycles. The lowest BCUT2D eigenvalue weighted by molar-refractivity contribution is 0.404. The van der Waals surface area contributed by atoms with Crippen LogP contribution in [0.1, 0.15) is 36.1 Å². The third-order valence-electron chi connectivity index (χ3n) is 3.56. The number of halogens is 1. The van der Waals surface area contributed by atoms with Gasteiger partial charge in [-0.15, -0.1) is 0 Å². The summed E-state index contributed by atoms with van der Waals surface area (Å²) in [7, 11) is 1.71. The summed E-state index contributed by atoms with van der Waals surface area (Å²) in [6.07, 6.45) is 1.08. The van der Waals surface area contributed by atoms with Crippen molar-refractivity contribution in [2.45, 2.75) is 26.3 Å². The van der Waals surface area contributed by atoms with Crippen molar-refractivity contribution >= 4 is 11.6 Å². The summed E-state index contributed by atoms with van der Waals surface area (Å²) in [5, 5.41) is 4.40. The number of benzene rings is 2. The van der Waals surface area contributed by atoms with Crippen LogP contribution in [0.25, 0.3) is 0 Å². The molecule has 21 heavy (non-hydrogen) atoms. The van der Waals surface area contributed by atoms with Crippen LogP contribution in [0, 0.1) is 6.92 Å². The fourth-order valence-electron chi connectivity index (χ4n) is 2.45. The zero-order valence-electron chi connectivity index (χ0n) is 12.8. The Morgan fingerprint density at radius 1 is 1.19 bits per heavy atom. The van der Waals surface area contributed by atoms with Gasteiger partial charge < -0.3 is 10.1 Å². The van der Waals surface area contributed by atoms with E-state index in [0.717, 1.165) is 34.9 Å². The third kappa shape index (κ3) is 3.78. The Labute approximate surface area is 132 Å². The maximum Gasteiger partial charge on any atom is 0.123 e. The van der Waals surface area contributed by atoms with Crippen molar-refractivity contribution < 1.29 is 4.74 Å². The molecule has 0 amide bonds. The number of rotatable bonds is 6. The van der Waals surface area contributed by atoms with Gasteiger partial charge >= 0.3 is 0 Å². The van der Waals surface area contributed by atoms with E-state index in [4.69, 9.17) is 16.3 Å². The monoisotopic (exact) mass is 303 g/mol. The summed E-state index contributed by atoms with van der Waals surface area (Å²) in [5.41, 5.74) is 3.44. The maximum atomic E-state index is 6.15. The zero-order chi connectivity index (χ0) is 15.2. The topological polar surface area (TPSA) is 21.3 Å². The molecule has 112 valence electrons. The van der Waals surface area contributed by atoms with Crippen LogP contribution in [-0.4, -0.2) is 13.7 Å². The number of hydrogen-bond donors (Lipinski definition) is 1. The molecule has 2 nitrogen and oxygen atoms in total. The van der Waals surface area contributed by atoms with Crippen LogP contribution < -0.4 is 10.1 Å². The van der Waals surface area contributed by atoms with E-state index in [1.807, 2.05) is 31.2 Å². The zero-order valence-corrected chi connectivity index (χ0v) is 13.6. The Kier molecular flexibility index (Phi) is 5.66. The first-order chi connectivity index (χ1) is 10.2. The minimum absolute atomic E-state index is 0.108. The first-order valence-electron chi connectivity index (χ1n) is 7.29. The van der Waals surface area contributed by atoms with Gasteiger partial charge in [0.05, 0.1) is 13.2 Å². The molecule has 0 radical (unpaired) electrons. The van der Waals surface area contributed by atoms with E-state index in [1.54, 1.807) is 7.11 Å². The summed E-state index contributed by atoms with van der Waals surface area (Å²) >= 11 is 6.15. The molecular weight excluding hydrogens is 282 g/mol. The van der Waals surface area contributed by atoms with Crippen molar-refractivity contribution in [3.05, 3.63) is 64.2 Å². The highest BCUT2D eigenvalue weighted by atomic mass is 35.5. The van der Waals surface area contributed by atoms with Crippen molar-refractivity contribution in [2.75, 3.05) is 13.7 Å². The van der Waals surface area contributed by atoms with Gasteiger partial charge in [-0.1, -0.05) is 48.9 Å². The van der Waals surface area contributed by atoms with Crippen molar-refractivity contribution in [1.82, 2.24) is 5.32 Å². The number of aryl methyl sites for hydroxylation is 1. The average molecular weight is 304 g/mol. The fraction of sp³-hybridized carbons (Fsp3) is 0.333. The van der Waals surface area contributed by atoms with Gasteiger partial charge in [-0.05, 0) is 43.1 Å². The summed E-state index contributed by atoms with van der Waals surface area (Å²) in [6, 6.07) is 14.4. The van der Waals surface area contributed by atoms with E-state index in [2.05, 4.69) is 30.4 Å². The largest absolute Gasteiger partial charge is 0.496 e. The molecule has 3 heteroatoms. The number of methoxy groups -OCH3 is 1. The molecule has 0 spiro atoms. The highest BCUT2D eigenvalue weighted by Gasteiger charge is 2.17. The van der Waals surface area contributed by atoms with Gasteiger partial charge in [0.2, 0.25) is 0 Å². The standard InChI is InChI=1S/C18H22ClNO/c1-4-11-20-18(14-9-10-16(19)13(2)12-14)15-7-5-6-8-17(15)21-3/h5-10,12,18,20H,4,11H2,1-3H3. The highest BCUT2D eigenvalue weighted by Crippen LogP contribution is 2.31. The number of hydrogen-bond acceptors (Lipinski definition) is 2. The molecule has 0 saturated heterocycles. The van der Waals surface area contributed by atoms with Gasteiger partial charge in [0.25, 0.3) is 0 Å². The van der Waals surface area contributed by atoms with Gasteiger partial charge in [0.1, 0.15) is 5.75 Å². The van der Waals surface area contributed by atoms with Crippen molar-refractivity contribution in [2.24, 2.45) is 0 Å². The molecule has 2 aromatic rings. The Morgan fingerprint density at radius 2 is 1.95 bits per heavy atom. The van der Waals surface area contributed by atoms with E-state index >= 15 is 0 Å². The van der Waals surface area contributed by atoms with Crippen molar-refractivity contribution in [3.8, 4) is 5.75 Å². The van der Waals surface area contributed by atoms with E-state index < -0.39 is 0 Å². The molecule has 2 aromatic carbocycles. The Bertz CT molecular complexity index is 598. The number of nitrogens with one attached hydrogen (secondary N) is 1. The molecule has 2 rings (SSSR count). The SMILES string of the molecule is CCCNC(c1ccc(Cl)c(C)c1)c1ccccc1OC. The minimum Gasteiger partial charge on any atom is -0.496 e. The Balaban J connectivity index is 2.44. The van der Waals surface area contributed by atoms with Crippen LogP contribution in [0.4, 0.5) is 0 Å². The van der Waals surface area contributed by atoms with E-state index in [-0.39, 0.29) is 6.04 Å². The second-order valence-electron chi connectivity index (χ2n) is 5.14. The molecule has 0 bridgehead atoms. The molecule has 0 fully saturated rings. The van der Waals surface area contributed by atoms with Crippen LogP contribution in [-0.2, 0) is 0 Å². The predicted octanol–water partition coefficient (Wildman–Crippen LogP) is 4.75. The van der Waals surface area contributed by atoms with Crippen LogP contribution >= 0.6 is 11.6 Å². The molecule has 0 aromatic heterocycles. The summed E-state index contributed by atoms with van der Waals surface area (Å²) in [6.45, 7) is 5.15. The minimum atomic E-state index is 0.108. The lowest BCUT2D eigenvalue weighted by Gasteiger charge is -2.22. The molecule has 0 heterocycles. The van der Waals surface area contributed by atoms with Gasteiger partial charge in [-0.3, -0.25) is 0 Å². The first kappa shape index (κ1) is 15.9. The Morgan fingerprint density at radius 3 is 2.62 bits per heavy atom. The van der Waals surface area contributed by atoms with Gasteiger partial charge in [0.15, 0.2) is 0 Å². The lowest BCUT2D eigenvalue weighted by Crippen LogP contribution is -2.23. The molecule has 1 unspecified atom stereocenters. The average Bonchev–Trinajstić information content (AvgIpc) is 2.51. The van der Waals surface area contributed by atoms with Crippen molar-refractivity contribution in [1.29, 1.82) is 0 Å². The summed E-state index contributed by atoms with van der Waals surface area (Å²) in [5.74, 6) is 0.902. The molecule has 0 saturated carbocycles. The molecule has 0 aliphatic rings. The van der Waals surface area contributed by atoms with Gasteiger partial charge in [0, 0.05) is 10.6 Å². The third-order valence-corrected chi connectivity index (χ3v) is 3.99. The van der Waals surface area contributed by atoms with Gasteiger partial charge in [-0.25, -0.2) is 0 Å². The van der Waals surface area contributed by atoms with E-state index in [1.165, 1.54) is 5.56 Å². The summed E-state index contributed by atoms with van der Waals surface area (Å²) < 4.78 is 5.52.